The molecular formula is C10H10N2O4S. The Morgan fingerprint density at radius 3 is 2.76 bits per heavy atom. The first-order valence-corrected chi connectivity index (χ1v) is 6.19. The molecule has 1 amide bonds. The van der Waals surface area contributed by atoms with E-state index in [-0.39, 0.29) is 10.7 Å². The molecule has 0 bridgehead atoms. The third kappa shape index (κ3) is 1.89. The average molecular weight is 254 g/mol. The van der Waals surface area contributed by atoms with Crippen LogP contribution >= 0.6 is 0 Å². The predicted octanol–water partition coefficient (Wildman–Crippen LogP) is 0.800. The summed E-state index contributed by atoms with van der Waals surface area (Å²) in [6.45, 7) is 1.74. The number of nitrogens with zero attached hydrogens (tertiary/aromatic N) is 1. The molecule has 0 unspecified atom stereocenters. The van der Waals surface area contributed by atoms with Gasteiger partial charge < -0.3 is 4.74 Å². The van der Waals surface area contributed by atoms with Crippen molar-refractivity contribution in [3.63, 3.8) is 0 Å². The van der Waals surface area contributed by atoms with Crippen LogP contribution in [0, 0.1) is 6.92 Å². The van der Waals surface area contributed by atoms with E-state index in [2.05, 4.69) is 14.5 Å². The van der Waals surface area contributed by atoms with E-state index in [0.29, 0.717) is 5.56 Å². The normalized spacial score (nSPS) is 16.0. The summed E-state index contributed by atoms with van der Waals surface area (Å²) < 4.78 is 31.3. The minimum absolute atomic E-state index is 0.00458. The van der Waals surface area contributed by atoms with E-state index in [1.165, 1.54) is 13.2 Å². The van der Waals surface area contributed by atoms with Crippen LogP contribution in [0.5, 0.6) is 0 Å². The molecule has 1 aromatic carbocycles. The smallest absolute Gasteiger partial charge is 0.412 e. The van der Waals surface area contributed by atoms with Gasteiger partial charge in [0.25, 0.3) is 10.0 Å². The highest BCUT2D eigenvalue weighted by Gasteiger charge is 2.31. The number of sulfonamides is 1. The number of carbonyl (C=O) groups excluding carboxylic acids is 1. The van der Waals surface area contributed by atoms with Crippen LogP contribution in [0.2, 0.25) is 0 Å². The van der Waals surface area contributed by atoms with E-state index in [4.69, 9.17) is 0 Å². The summed E-state index contributed by atoms with van der Waals surface area (Å²) in [4.78, 5) is 11.2. The zero-order valence-electron chi connectivity index (χ0n) is 9.22. The predicted molar refractivity (Wildman–Crippen MR) is 60.4 cm³/mol. The topological polar surface area (TPSA) is 84.8 Å². The molecule has 1 heterocycles. The number of amides is 1. The molecule has 0 aliphatic carbocycles. The molecule has 1 aliphatic heterocycles. The molecule has 1 aromatic rings. The zero-order chi connectivity index (χ0) is 12.6. The number of ether oxygens (including phenoxy) is 1. The minimum atomic E-state index is -3.71. The quantitative estimate of drug-likeness (QED) is 0.742. The second-order valence-corrected chi connectivity index (χ2v) is 5.05. The van der Waals surface area contributed by atoms with Crippen molar-refractivity contribution >= 4 is 22.0 Å². The summed E-state index contributed by atoms with van der Waals surface area (Å²) in [5.41, 5.74) is 1.14. The summed E-state index contributed by atoms with van der Waals surface area (Å²) in [5, 5.41) is 2.29. The number of amidine groups is 1. The molecule has 0 radical (unpaired) electrons. The van der Waals surface area contributed by atoms with Crippen molar-refractivity contribution in [3.05, 3.63) is 29.3 Å². The van der Waals surface area contributed by atoms with Crippen molar-refractivity contribution in [1.29, 1.82) is 0 Å². The summed E-state index contributed by atoms with van der Waals surface area (Å²) >= 11 is 0. The lowest BCUT2D eigenvalue weighted by Gasteiger charge is -2.06. The molecule has 1 N–H and O–H groups in total. The third-order valence-corrected chi connectivity index (χ3v) is 3.69. The van der Waals surface area contributed by atoms with E-state index in [1.807, 2.05) is 0 Å². The molecule has 90 valence electrons. The van der Waals surface area contributed by atoms with Gasteiger partial charge in [0.1, 0.15) is 4.90 Å². The van der Waals surface area contributed by atoms with Gasteiger partial charge in [0.05, 0.1) is 7.11 Å². The van der Waals surface area contributed by atoms with Crippen LogP contribution in [-0.4, -0.2) is 27.5 Å². The van der Waals surface area contributed by atoms with Crippen molar-refractivity contribution < 1.29 is 17.9 Å². The Morgan fingerprint density at radius 1 is 1.41 bits per heavy atom. The first-order valence-electron chi connectivity index (χ1n) is 4.75. The van der Waals surface area contributed by atoms with E-state index < -0.39 is 16.1 Å². The Morgan fingerprint density at radius 2 is 2.12 bits per heavy atom. The molecule has 1 aliphatic rings. The van der Waals surface area contributed by atoms with Gasteiger partial charge in [0, 0.05) is 5.56 Å². The van der Waals surface area contributed by atoms with E-state index >= 15 is 0 Å². The summed E-state index contributed by atoms with van der Waals surface area (Å²) in [7, 11) is -2.52. The lowest BCUT2D eigenvalue weighted by Crippen LogP contribution is -2.30. The Hall–Kier alpha value is -1.89. The van der Waals surface area contributed by atoms with Gasteiger partial charge in [0.15, 0.2) is 5.84 Å². The number of aryl methyl sites for hydroxylation is 1. The first kappa shape index (κ1) is 11.6. The fraction of sp³-hybridized carbons (Fsp3) is 0.200. The summed E-state index contributed by atoms with van der Waals surface area (Å²) in [5.74, 6) is 0.00458. The number of methoxy groups -OCH3 is 1. The minimum Gasteiger partial charge on any atom is -0.453 e. The highest BCUT2D eigenvalue weighted by molar-refractivity contribution is 7.90. The molecule has 0 aromatic heterocycles. The Balaban J connectivity index is 2.56. The second-order valence-electron chi connectivity index (χ2n) is 3.48. The monoisotopic (exact) mass is 254 g/mol. The van der Waals surface area contributed by atoms with Gasteiger partial charge in [-0.3, -0.25) is 5.32 Å². The maximum atomic E-state index is 11.7. The van der Waals surface area contributed by atoms with Crippen LogP contribution in [0.3, 0.4) is 0 Å². The number of hydrogen-bond acceptors (Lipinski definition) is 4. The van der Waals surface area contributed by atoms with Crippen molar-refractivity contribution in [2.24, 2.45) is 4.40 Å². The highest BCUT2D eigenvalue weighted by Crippen LogP contribution is 2.27. The van der Waals surface area contributed by atoms with Crippen LogP contribution in [0.1, 0.15) is 11.1 Å². The van der Waals surface area contributed by atoms with Crippen LogP contribution in [0.4, 0.5) is 4.79 Å². The SMILES string of the molecule is COC(=O)NC1=NS(=O)(=O)c2cccc(C)c21. The maximum Gasteiger partial charge on any atom is 0.412 e. The van der Waals surface area contributed by atoms with Gasteiger partial charge in [-0.25, -0.2) is 4.79 Å². The van der Waals surface area contributed by atoms with E-state index in [1.54, 1.807) is 19.1 Å². The number of carbonyl (C=O) groups is 1. The molecule has 17 heavy (non-hydrogen) atoms. The molecule has 0 fully saturated rings. The van der Waals surface area contributed by atoms with Gasteiger partial charge in [-0.05, 0) is 18.6 Å². The van der Waals surface area contributed by atoms with Crippen LogP contribution in [0.15, 0.2) is 27.5 Å². The molecular weight excluding hydrogens is 244 g/mol. The zero-order valence-corrected chi connectivity index (χ0v) is 10.0. The van der Waals surface area contributed by atoms with Gasteiger partial charge in [0.2, 0.25) is 0 Å². The van der Waals surface area contributed by atoms with Gasteiger partial charge in [-0.2, -0.15) is 8.42 Å². The van der Waals surface area contributed by atoms with Crippen molar-refractivity contribution in [2.45, 2.75) is 11.8 Å². The first-order chi connectivity index (χ1) is 7.95. The summed E-state index contributed by atoms with van der Waals surface area (Å²) in [6.07, 6.45) is -0.755. The van der Waals surface area contributed by atoms with Crippen molar-refractivity contribution in [2.75, 3.05) is 7.11 Å². The molecule has 0 atom stereocenters. The van der Waals surface area contributed by atoms with E-state index in [9.17, 15) is 13.2 Å². The molecule has 0 saturated heterocycles. The Kier molecular flexibility index (Phi) is 2.62. The Bertz CT molecular complexity index is 619. The fourth-order valence-corrected chi connectivity index (χ4v) is 2.85. The van der Waals surface area contributed by atoms with Crippen LogP contribution in [-0.2, 0) is 14.8 Å². The van der Waals surface area contributed by atoms with Gasteiger partial charge >= 0.3 is 6.09 Å². The number of alkyl carbamates (subject to hydrolysis) is 1. The van der Waals surface area contributed by atoms with Crippen molar-refractivity contribution in [1.82, 2.24) is 5.32 Å². The van der Waals surface area contributed by atoms with Crippen molar-refractivity contribution in [3.8, 4) is 0 Å². The number of hydrogen-bond donors (Lipinski definition) is 1. The molecule has 0 saturated carbocycles. The number of nitrogens with one attached hydrogen (secondary N) is 1. The lowest BCUT2D eigenvalue weighted by atomic mass is 10.1. The van der Waals surface area contributed by atoms with Crippen LogP contribution in [0.25, 0.3) is 0 Å². The lowest BCUT2D eigenvalue weighted by molar-refractivity contribution is 0.177. The molecule has 7 heteroatoms. The Labute approximate surface area is 98.4 Å². The standard InChI is InChI=1S/C10H10N2O4S/c1-6-4-3-5-7-8(6)9(11-10(13)16-2)12-17(7,14)15/h3-5H,1-2H3,(H,11,12,13). The highest BCUT2D eigenvalue weighted by atomic mass is 32.2. The summed E-state index contributed by atoms with van der Waals surface area (Å²) in [6, 6.07) is 4.82. The van der Waals surface area contributed by atoms with Gasteiger partial charge in [-0.15, -0.1) is 4.40 Å². The number of benzene rings is 1. The molecule has 2 rings (SSSR count). The number of fused-ring (bicyclic) bond motifs is 1. The number of rotatable bonds is 0. The maximum absolute atomic E-state index is 11.7. The largest absolute Gasteiger partial charge is 0.453 e. The second kappa shape index (κ2) is 3.85. The molecule has 6 nitrogen and oxygen atoms in total. The van der Waals surface area contributed by atoms with Gasteiger partial charge in [-0.1, -0.05) is 12.1 Å². The average Bonchev–Trinajstić information content (AvgIpc) is 2.52. The van der Waals surface area contributed by atoms with Crippen LogP contribution < -0.4 is 5.32 Å². The molecule has 0 spiro atoms. The third-order valence-electron chi connectivity index (χ3n) is 2.37. The van der Waals surface area contributed by atoms with E-state index in [0.717, 1.165) is 5.56 Å². The fourth-order valence-electron chi connectivity index (χ4n) is 1.61.